The van der Waals surface area contributed by atoms with Gasteiger partial charge in [-0.05, 0) is 51.3 Å². The molecule has 0 unspecified atom stereocenters. The molecule has 0 spiro atoms. The van der Waals surface area contributed by atoms with E-state index in [2.05, 4.69) is 39.5 Å². The number of aryl methyl sites for hydroxylation is 1. The molecule has 0 bridgehead atoms. The van der Waals surface area contributed by atoms with Crippen LogP contribution in [0.3, 0.4) is 0 Å². The molecule has 106 valence electrons. The summed E-state index contributed by atoms with van der Waals surface area (Å²) >= 11 is 5.09. The van der Waals surface area contributed by atoms with Gasteiger partial charge in [-0.2, -0.15) is 0 Å². The molecule has 2 rings (SSSR count). The fourth-order valence-electron chi connectivity index (χ4n) is 2.07. The number of nitrogens with zero attached hydrogens (tertiary/aromatic N) is 1. The second kappa shape index (κ2) is 7.60. The molecule has 20 heavy (non-hydrogen) atoms. The third-order valence-corrected chi connectivity index (χ3v) is 4.72. The third-order valence-electron chi connectivity index (χ3n) is 3.17. The SMILES string of the molecule is CN(Cc1csc(Br)c1)C(=O)CCCc1ccccc1. The van der Waals surface area contributed by atoms with Gasteiger partial charge in [0.05, 0.1) is 3.79 Å². The molecular weight excluding hydrogens is 334 g/mol. The Morgan fingerprint density at radius 3 is 2.65 bits per heavy atom. The van der Waals surface area contributed by atoms with E-state index in [1.54, 1.807) is 16.2 Å². The molecule has 0 aliphatic carbocycles. The van der Waals surface area contributed by atoms with Gasteiger partial charge in [-0.15, -0.1) is 11.3 Å². The largest absolute Gasteiger partial charge is 0.341 e. The van der Waals surface area contributed by atoms with Crippen molar-refractivity contribution in [2.24, 2.45) is 0 Å². The zero-order valence-electron chi connectivity index (χ0n) is 11.5. The molecule has 0 aliphatic heterocycles. The summed E-state index contributed by atoms with van der Waals surface area (Å²) in [6.07, 6.45) is 2.47. The van der Waals surface area contributed by atoms with E-state index in [0.717, 1.165) is 16.6 Å². The number of rotatable bonds is 6. The lowest BCUT2D eigenvalue weighted by molar-refractivity contribution is -0.130. The molecule has 0 saturated carbocycles. The van der Waals surface area contributed by atoms with Crippen molar-refractivity contribution in [3.8, 4) is 0 Å². The molecular formula is C16H18BrNOS. The van der Waals surface area contributed by atoms with Crippen LogP contribution in [0.15, 0.2) is 45.6 Å². The Balaban J connectivity index is 1.74. The topological polar surface area (TPSA) is 20.3 Å². The van der Waals surface area contributed by atoms with Crippen LogP contribution in [0, 0.1) is 0 Å². The average molecular weight is 352 g/mol. The van der Waals surface area contributed by atoms with E-state index in [0.29, 0.717) is 13.0 Å². The molecule has 0 N–H and O–H groups in total. The highest BCUT2D eigenvalue weighted by molar-refractivity contribution is 9.11. The van der Waals surface area contributed by atoms with Crippen molar-refractivity contribution in [3.63, 3.8) is 0 Å². The highest BCUT2D eigenvalue weighted by Crippen LogP contribution is 2.21. The molecule has 1 heterocycles. The fourth-order valence-corrected chi connectivity index (χ4v) is 3.27. The standard InChI is InChI=1S/C16H18BrNOS/c1-18(11-14-10-15(17)20-12-14)16(19)9-5-8-13-6-3-2-4-7-13/h2-4,6-7,10,12H,5,8-9,11H2,1H3. The second-order valence-electron chi connectivity index (χ2n) is 4.85. The monoisotopic (exact) mass is 351 g/mol. The van der Waals surface area contributed by atoms with Crippen LogP contribution in [-0.2, 0) is 17.8 Å². The van der Waals surface area contributed by atoms with Gasteiger partial charge in [0, 0.05) is 20.0 Å². The molecule has 1 aromatic carbocycles. The van der Waals surface area contributed by atoms with Crippen molar-refractivity contribution in [1.82, 2.24) is 4.90 Å². The predicted octanol–water partition coefficient (Wildman–Crippen LogP) is 4.49. The minimum Gasteiger partial charge on any atom is -0.341 e. The lowest BCUT2D eigenvalue weighted by Crippen LogP contribution is -2.25. The summed E-state index contributed by atoms with van der Waals surface area (Å²) in [6, 6.07) is 12.4. The molecule has 4 heteroatoms. The van der Waals surface area contributed by atoms with Gasteiger partial charge in [0.15, 0.2) is 0 Å². The normalized spacial score (nSPS) is 10.5. The molecule has 0 radical (unpaired) electrons. The van der Waals surface area contributed by atoms with Crippen molar-refractivity contribution < 1.29 is 4.79 Å². The molecule has 1 amide bonds. The number of thiophene rings is 1. The Hall–Kier alpha value is -1.13. The van der Waals surface area contributed by atoms with E-state index in [1.165, 1.54) is 11.1 Å². The van der Waals surface area contributed by atoms with Gasteiger partial charge in [-0.25, -0.2) is 0 Å². The van der Waals surface area contributed by atoms with Gasteiger partial charge in [-0.3, -0.25) is 4.79 Å². The molecule has 0 aliphatic rings. The molecule has 2 aromatic rings. The minimum absolute atomic E-state index is 0.211. The van der Waals surface area contributed by atoms with E-state index >= 15 is 0 Å². The van der Waals surface area contributed by atoms with Gasteiger partial charge in [-0.1, -0.05) is 30.3 Å². The van der Waals surface area contributed by atoms with E-state index in [4.69, 9.17) is 0 Å². The summed E-state index contributed by atoms with van der Waals surface area (Å²) < 4.78 is 1.11. The highest BCUT2D eigenvalue weighted by atomic mass is 79.9. The number of benzene rings is 1. The Kier molecular flexibility index (Phi) is 5.80. The first-order valence-electron chi connectivity index (χ1n) is 6.66. The van der Waals surface area contributed by atoms with Crippen LogP contribution < -0.4 is 0 Å². The van der Waals surface area contributed by atoms with Crippen molar-refractivity contribution >= 4 is 33.2 Å². The lowest BCUT2D eigenvalue weighted by Gasteiger charge is -2.16. The van der Waals surface area contributed by atoms with Gasteiger partial charge in [0.25, 0.3) is 0 Å². The maximum Gasteiger partial charge on any atom is 0.222 e. The van der Waals surface area contributed by atoms with Crippen LogP contribution in [0.5, 0.6) is 0 Å². The summed E-state index contributed by atoms with van der Waals surface area (Å²) in [7, 11) is 1.87. The smallest absolute Gasteiger partial charge is 0.222 e. The Labute approximate surface area is 132 Å². The van der Waals surface area contributed by atoms with Crippen molar-refractivity contribution in [2.75, 3.05) is 7.05 Å². The number of hydrogen-bond acceptors (Lipinski definition) is 2. The van der Waals surface area contributed by atoms with E-state index < -0.39 is 0 Å². The Morgan fingerprint density at radius 2 is 2.00 bits per heavy atom. The molecule has 0 saturated heterocycles. The van der Waals surface area contributed by atoms with Gasteiger partial charge in [0.1, 0.15) is 0 Å². The van der Waals surface area contributed by atoms with Crippen molar-refractivity contribution in [2.45, 2.75) is 25.8 Å². The number of halogens is 1. The van der Waals surface area contributed by atoms with E-state index in [-0.39, 0.29) is 5.91 Å². The lowest BCUT2D eigenvalue weighted by atomic mass is 10.1. The summed E-state index contributed by atoms with van der Waals surface area (Å²) in [5, 5.41) is 2.08. The molecule has 2 nitrogen and oxygen atoms in total. The molecule has 1 aromatic heterocycles. The first-order chi connectivity index (χ1) is 9.65. The van der Waals surface area contributed by atoms with Crippen molar-refractivity contribution in [1.29, 1.82) is 0 Å². The van der Waals surface area contributed by atoms with Crippen LogP contribution in [0.1, 0.15) is 24.0 Å². The Morgan fingerprint density at radius 1 is 1.25 bits per heavy atom. The molecule has 0 atom stereocenters. The van der Waals surface area contributed by atoms with Gasteiger partial charge in [0.2, 0.25) is 5.91 Å². The van der Waals surface area contributed by atoms with E-state index in [1.807, 2.05) is 25.2 Å². The second-order valence-corrected chi connectivity index (χ2v) is 7.14. The van der Waals surface area contributed by atoms with Crippen LogP contribution >= 0.6 is 27.3 Å². The Bertz CT molecular complexity index is 553. The number of carbonyl (C=O) groups excluding carboxylic acids is 1. The maximum atomic E-state index is 12.1. The first kappa shape index (κ1) is 15.3. The number of hydrogen-bond donors (Lipinski definition) is 0. The number of carbonyl (C=O) groups is 1. The quantitative estimate of drug-likeness (QED) is 0.750. The summed E-state index contributed by atoms with van der Waals surface area (Å²) in [5.74, 6) is 0.211. The first-order valence-corrected chi connectivity index (χ1v) is 8.33. The number of amides is 1. The van der Waals surface area contributed by atoms with Gasteiger partial charge >= 0.3 is 0 Å². The fraction of sp³-hybridized carbons (Fsp3) is 0.312. The minimum atomic E-state index is 0.211. The molecule has 0 fully saturated rings. The van der Waals surface area contributed by atoms with Crippen LogP contribution in [0.4, 0.5) is 0 Å². The van der Waals surface area contributed by atoms with Crippen molar-refractivity contribution in [3.05, 3.63) is 56.7 Å². The highest BCUT2D eigenvalue weighted by Gasteiger charge is 2.10. The summed E-state index contributed by atoms with van der Waals surface area (Å²) in [6.45, 7) is 0.687. The summed E-state index contributed by atoms with van der Waals surface area (Å²) in [5.41, 5.74) is 2.48. The predicted molar refractivity (Wildman–Crippen MR) is 87.9 cm³/mol. The zero-order chi connectivity index (χ0) is 14.4. The van der Waals surface area contributed by atoms with Crippen LogP contribution in [0.2, 0.25) is 0 Å². The zero-order valence-corrected chi connectivity index (χ0v) is 13.9. The van der Waals surface area contributed by atoms with Gasteiger partial charge < -0.3 is 4.90 Å². The third kappa shape index (κ3) is 4.76. The van der Waals surface area contributed by atoms with Crippen LogP contribution in [0.25, 0.3) is 0 Å². The maximum absolute atomic E-state index is 12.1. The summed E-state index contributed by atoms with van der Waals surface area (Å²) in [4.78, 5) is 13.9. The van der Waals surface area contributed by atoms with E-state index in [9.17, 15) is 4.79 Å². The van der Waals surface area contributed by atoms with Crippen LogP contribution in [-0.4, -0.2) is 17.9 Å². The average Bonchev–Trinajstić information content (AvgIpc) is 2.85.